The molecule has 0 atom stereocenters. The van der Waals surface area contributed by atoms with Gasteiger partial charge in [-0.15, -0.1) is 0 Å². The maximum absolute atomic E-state index is 5.56. The lowest BCUT2D eigenvalue weighted by Crippen LogP contribution is -2.25. The molecule has 0 aromatic heterocycles. The van der Waals surface area contributed by atoms with Gasteiger partial charge in [0.05, 0.1) is 0 Å². The average molecular weight is 226 g/mol. The van der Waals surface area contributed by atoms with E-state index in [4.69, 9.17) is 11.5 Å². The quantitative estimate of drug-likeness (QED) is 0.760. The normalized spacial score (nSPS) is 30.4. The number of rotatable bonds is 2. The Morgan fingerprint density at radius 2 is 0.812 bits per heavy atom. The second-order valence-corrected chi connectivity index (χ2v) is 5.48. The average Bonchev–Trinajstić information content (AvgIpc) is 2.41. The van der Waals surface area contributed by atoms with Crippen LogP contribution in [0.25, 0.3) is 0 Å². The van der Waals surface area contributed by atoms with Crippen LogP contribution < -0.4 is 11.5 Å². The molecule has 0 aliphatic heterocycles. The molecule has 2 fully saturated rings. The molecule has 2 aliphatic carbocycles. The fraction of sp³-hybridized carbons (Fsp3) is 1.00. The van der Waals surface area contributed by atoms with Gasteiger partial charge in [-0.25, -0.2) is 0 Å². The molecule has 4 N–H and O–H groups in total. The summed E-state index contributed by atoms with van der Waals surface area (Å²) in [6.07, 6.45) is 14.2. The van der Waals surface area contributed by atoms with Gasteiger partial charge in [0, 0.05) is 0 Å². The Hall–Kier alpha value is -0.0800. The van der Waals surface area contributed by atoms with Crippen molar-refractivity contribution in [1.82, 2.24) is 0 Å². The summed E-state index contributed by atoms with van der Waals surface area (Å²) in [5, 5.41) is 0. The van der Waals surface area contributed by atoms with Crippen molar-refractivity contribution >= 4 is 0 Å². The van der Waals surface area contributed by atoms with Gasteiger partial charge in [-0.3, -0.25) is 0 Å². The Morgan fingerprint density at radius 3 is 1.00 bits per heavy atom. The maximum Gasteiger partial charge on any atom is -0.00489 e. The molecular formula is C14H30N2. The van der Waals surface area contributed by atoms with Gasteiger partial charge in [-0.05, 0) is 50.6 Å². The molecule has 0 aromatic carbocycles. The predicted octanol–water partition coefficient (Wildman–Crippen LogP) is 3.05. The van der Waals surface area contributed by atoms with E-state index in [0.717, 1.165) is 24.9 Å². The first kappa shape index (κ1) is 14.0. The summed E-state index contributed by atoms with van der Waals surface area (Å²) >= 11 is 0. The lowest BCUT2D eigenvalue weighted by Gasteiger charge is -2.26. The van der Waals surface area contributed by atoms with Crippen molar-refractivity contribution in [3.05, 3.63) is 0 Å². The van der Waals surface area contributed by atoms with Gasteiger partial charge in [-0.1, -0.05) is 38.5 Å². The Labute approximate surface area is 101 Å². The highest BCUT2D eigenvalue weighted by Gasteiger charge is 2.18. The first-order valence-corrected chi connectivity index (χ1v) is 7.27. The smallest absolute Gasteiger partial charge is 0.00489 e. The van der Waals surface area contributed by atoms with Crippen LogP contribution in [0, 0.1) is 11.8 Å². The third-order valence-corrected chi connectivity index (χ3v) is 4.13. The van der Waals surface area contributed by atoms with Crippen molar-refractivity contribution in [2.75, 3.05) is 13.1 Å². The van der Waals surface area contributed by atoms with Crippen LogP contribution in [-0.4, -0.2) is 13.1 Å². The summed E-state index contributed by atoms with van der Waals surface area (Å²) in [5.41, 5.74) is 11.1. The largest absolute Gasteiger partial charge is 0.330 e. The first-order valence-electron chi connectivity index (χ1n) is 7.27. The van der Waals surface area contributed by atoms with Gasteiger partial charge in [0.15, 0.2) is 0 Å². The van der Waals surface area contributed by atoms with Gasteiger partial charge in [0.25, 0.3) is 0 Å². The van der Waals surface area contributed by atoms with E-state index in [1.165, 1.54) is 64.2 Å². The third kappa shape index (κ3) is 5.86. The molecule has 0 unspecified atom stereocenters. The summed E-state index contributed by atoms with van der Waals surface area (Å²) in [5.74, 6) is 1.59. The Balaban J connectivity index is 0.000000181. The summed E-state index contributed by atoms with van der Waals surface area (Å²) in [4.78, 5) is 0. The van der Waals surface area contributed by atoms with E-state index < -0.39 is 0 Å². The van der Waals surface area contributed by atoms with Crippen LogP contribution in [0.3, 0.4) is 0 Å². The van der Waals surface area contributed by atoms with Gasteiger partial charge >= 0.3 is 0 Å². The highest BCUT2D eigenvalue weighted by Crippen LogP contribution is 2.26. The molecule has 0 amide bonds. The van der Waals surface area contributed by atoms with Crippen LogP contribution in [0.2, 0.25) is 0 Å². The molecule has 0 radical (unpaired) electrons. The Bertz CT molecular complexity index is 123. The van der Waals surface area contributed by atoms with Crippen LogP contribution >= 0.6 is 0 Å². The highest BCUT2D eigenvalue weighted by atomic mass is 14.6. The topological polar surface area (TPSA) is 52.0 Å². The molecule has 16 heavy (non-hydrogen) atoms. The van der Waals surface area contributed by atoms with E-state index in [-0.39, 0.29) is 0 Å². The summed E-state index contributed by atoms with van der Waals surface area (Å²) in [6, 6.07) is 0. The van der Waals surface area contributed by atoms with Crippen molar-refractivity contribution < 1.29 is 0 Å². The lowest BCUT2D eigenvalue weighted by atomic mass is 9.82. The first-order chi connectivity index (χ1) is 7.86. The molecule has 96 valence electrons. The molecular weight excluding hydrogens is 196 g/mol. The third-order valence-electron chi connectivity index (χ3n) is 4.13. The zero-order valence-corrected chi connectivity index (χ0v) is 10.8. The van der Waals surface area contributed by atoms with Crippen molar-refractivity contribution in [1.29, 1.82) is 0 Å². The van der Waals surface area contributed by atoms with E-state index in [1.54, 1.807) is 0 Å². The van der Waals surface area contributed by atoms with Crippen molar-refractivity contribution in [2.45, 2.75) is 64.2 Å². The fourth-order valence-electron chi connectivity index (χ4n) is 2.76. The monoisotopic (exact) mass is 226 g/mol. The molecule has 0 heterocycles. The lowest BCUT2D eigenvalue weighted by molar-refractivity contribution is 0.285. The summed E-state index contributed by atoms with van der Waals surface area (Å²) < 4.78 is 0. The molecule has 0 saturated heterocycles. The maximum atomic E-state index is 5.56. The molecule has 2 heteroatoms. The minimum atomic E-state index is 0.794. The van der Waals surface area contributed by atoms with E-state index in [1.807, 2.05) is 0 Å². The van der Waals surface area contributed by atoms with Crippen molar-refractivity contribution in [3.63, 3.8) is 0 Å². The van der Waals surface area contributed by atoms with Crippen LogP contribution in [0.4, 0.5) is 0 Å². The number of nitrogens with two attached hydrogens (primary N) is 2. The van der Waals surface area contributed by atoms with Gasteiger partial charge in [0.2, 0.25) is 0 Å². The van der Waals surface area contributed by atoms with Crippen LogP contribution in [-0.2, 0) is 0 Å². The van der Waals surface area contributed by atoms with E-state index in [2.05, 4.69) is 0 Å². The molecule has 2 nitrogen and oxygen atoms in total. The minimum absolute atomic E-state index is 0.794. The minimum Gasteiger partial charge on any atom is -0.330 e. The van der Waals surface area contributed by atoms with Gasteiger partial charge in [0.1, 0.15) is 0 Å². The Morgan fingerprint density at radius 1 is 0.562 bits per heavy atom. The van der Waals surface area contributed by atoms with Crippen LogP contribution in [0.5, 0.6) is 0 Å². The molecule has 0 bridgehead atoms. The number of hydrogen-bond acceptors (Lipinski definition) is 2. The van der Waals surface area contributed by atoms with E-state index >= 15 is 0 Å². The van der Waals surface area contributed by atoms with Gasteiger partial charge in [-0.2, -0.15) is 0 Å². The van der Waals surface area contributed by atoms with Gasteiger partial charge < -0.3 is 11.5 Å². The predicted molar refractivity (Wildman–Crippen MR) is 71.3 cm³/mol. The zero-order chi connectivity index (χ0) is 11.6. The second-order valence-electron chi connectivity index (χ2n) is 5.48. The number of hydrogen-bond donors (Lipinski definition) is 2. The highest BCUT2D eigenvalue weighted by molar-refractivity contribution is 4.72. The SMILES string of the molecule is C1CCCCC1.NC[C@H]1CC[C@H](CN)CC1. The van der Waals surface area contributed by atoms with Crippen LogP contribution in [0.1, 0.15) is 64.2 Å². The van der Waals surface area contributed by atoms with Crippen LogP contribution in [0.15, 0.2) is 0 Å². The molecule has 0 aromatic rings. The standard InChI is InChI=1S/C8H18N2.C6H12/c9-5-7-1-2-8(6-10)4-3-7;1-2-4-6-5-3-1/h7-8H,1-6,9-10H2;1-6H2/t7-,8-;. The van der Waals surface area contributed by atoms with E-state index in [0.29, 0.717) is 0 Å². The molecule has 0 spiro atoms. The second kappa shape index (κ2) is 9.00. The fourth-order valence-corrected chi connectivity index (χ4v) is 2.76. The Kier molecular flexibility index (Phi) is 7.87. The molecule has 2 rings (SSSR count). The summed E-state index contributed by atoms with van der Waals surface area (Å²) in [6.45, 7) is 1.74. The zero-order valence-electron chi connectivity index (χ0n) is 10.8. The van der Waals surface area contributed by atoms with E-state index in [9.17, 15) is 0 Å². The van der Waals surface area contributed by atoms with Crippen molar-refractivity contribution in [2.24, 2.45) is 23.3 Å². The van der Waals surface area contributed by atoms with Crippen molar-refractivity contribution in [3.8, 4) is 0 Å². The summed E-state index contributed by atoms with van der Waals surface area (Å²) in [7, 11) is 0. The molecule has 2 aliphatic rings. The molecule has 2 saturated carbocycles.